The van der Waals surface area contributed by atoms with Crippen molar-refractivity contribution in [3.05, 3.63) is 63.7 Å². The number of hydrogen-bond donors (Lipinski definition) is 2. The third kappa shape index (κ3) is 3.77. The predicted octanol–water partition coefficient (Wildman–Crippen LogP) is 2.38. The van der Waals surface area contributed by atoms with Gasteiger partial charge in [0.1, 0.15) is 6.67 Å². The fourth-order valence-corrected chi connectivity index (χ4v) is 3.81. The van der Waals surface area contributed by atoms with Crippen LogP contribution in [0.5, 0.6) is 0 Å². The van der Waals surface area contributed by atoms with Crippen molar-refractivity contribution >= 4 is 21.4 Å². The molecule has 0 fully saturated rings. The Morgan fingerprint density at radius 1 is 1.20 bits per heavy atom. The fraction of sp³-hybridized carbons (Fsp3) is 0.250. The topological polar surface area (TPSA) is 101 Å². The van der Waals surface area contributed by atoms with Crippen LogP contribution in [0, 0.1) is 10.1 Å². The van der Waals surface area contributed by atoms with Crippen molar-refractivity contribution in [2.75, 3.05) is 11.4 Å². The smallest absolute Gasteiger partial charge is 0.269 e. The first kappa shape index (κ1) is 17.3. The minimum atomic E-state index is -3.82. The lowest BCUT2D eigenvalue weighted by atomic mass is 9.96. The quantitative estimate of drug-likeness (QED) is 0.626. The summed E-state index contributed by atoms with van der Waals surface area (Å²) in [5.74, 6) is 0. The van der Waals surface area contributed by atoms with Crippen LogP contribution in [0.2, 0.25) is 0 Å². The monoisotopic (exact) mass is 365 g/mol. The largest absolute Gasteiger partial charge is 0.307 e. The number of rotatable bonds is 5. The van der Waals surface area contributed by atoms with E-state index in [0.717, 1.165) is 11.1 Å². The van der Waals surface area contributed by atoms with E-state index in [2.05, 4.69) is 10.0 Å². The molecule has 2 N–H and O–H groups in total. The molecule has 3 rings (SSSR count). The van der Waals surface area contributed by atoms with Crippen molar-refractivity contribution in [1.82, 2.24) is 5.32 Å². The Hall–Kier alpha value is -2.52. The maximum absolute atomic E-state index is 12.8. The van der Waals surface area contributed by atoms with Crippen LogP contribution >= 0.6 is 0 Å². The van der Waals surface area contributed by atoms with Crippen LogP contribution < -0.4 is 10.0 Å². The van der Waals surface area contributed by atoms with Gasteiger partial charge in [-0.15, -0.1) is 0 Å². The first-order valence-electron chi connectivity index (χ1n) is 7.57. The van der Waals surface area contributed by atoms with Gasteiger partial charge in [-0.3, -0.25) is 14.8 Å². The third-order valence-corrected chi connectivity index (χ3v) is 5.43. The van der Waals surface area contributed by atoms with Gasteiger partial charge in [0.2, 0.25) is 0 Å². The van der Waals surface area contributed by atoms with Crippen molar-refractivity contribution in [3.8, 4) is 0 Å². The first-order chi connectivity index (χ1) is 11.9. The molecule has 0 saturated heterocycles. The van der Waals surface area contributed by atoms with Gasteiger partial charge >= 0.3 is 0 Å². The lowest BCUT2D eigenvalue weighted by Crippen LogP contribution is -2.37. The number of alkyl halides is 1. The third-order valence-electron chi connectivity index (χ3n) is 4.05. The molecular formula is C16H16FN3O4S. The van der Waals surface area contributed by atoms with Gasteiger partial charge in [0, 0.05) is 30.4 Å². The summed E-state index contributed by atoms with van der Waals surface area (Å²) in [6.45, 7) is -0.0635. The molecule has 9 heteroatoms. The summed E-state index contributed by atoms with van der Waals surface area (Å²) in [7, 11) is -3.82. The van der Waals surface area contributed by atoms with Crippen LogP contribution in [0.4, 0.5) is 15.8 Å². The average molecular weight is 365 g/mol. The van der Waals surface area contributed by atoms with Crippen molar-refractivity contribution < 1.29 is 17.7 Å². The van der Waals surface area contributed by atoms with Gasteiger partial charge < -0.3 is 5.32 Å². The number of hydrogen-bond acceptors (Lipinski definition) is 5. The highest BCUT2D eigenvalue weighted by molar-refractivity contribution is 7.92. The van der Waals surface area contributed by atoms with Gasteiger partial charge in [-0.05, 0) is 41.8 Å². The van der Waals surface area contributed by atoms with E-state index in [4.69, 9.17) is 0 Å². The number of anilines is 1. The van der Waals surface area contributed by atoms with E-state index in [-0.39, 0.29) is 22.3 Å². The molecule has 0 amide bonds. The molecule has 0 aliphatic carbocycles. The van der Waals surface area contributed by atoms with Crippen LogP contribution in [0.25, 0.3) is 0 Å². The molecule has 0 saturated carbocycles. The average Bonchev–Trinajstić information content (AvgIpc) is 2.60. The highest BCUT2D eigenvalue weighted by Crippen LogP contribution is 2.24. The Balaban J connectivity index is 1.82. The predicted molar refractivity (Wildman–Crippen MR) is 90.7 cm³/mol. The van der Waals surface area contributed by atoms with E-state index < -0.39 is 21.6 Å². The minimum absolute atomic E-state index is 0.0881. The zero-order valence-corrected chi connectivity index (χ0v) is 13.9. The van der Waals surface area contributed by atoms with Crippen molar-refractivity contribution in [2.45, 2.75) is 23.9 Å². The molecule has 2 aromatic carbocycles. The summed E-state index contributed by atoms with van der Waals surface area (Å²) in [5, 5.41) is 13.7. The number of sulfonamides is 1. The molecule has 1 aliphatic heterocycles. The lowest BCUT2D eigenvalue weighted by molar-refractivity contribution is -0.384. The van der Waals surface area contributed by atoms with E-state index >= 15 is 0 Å². The maximum Gasteiger partial charge on any atom is 0.269 e. The number of benzene rings is 2. The number of nitro benzene ring substituents is 1. The molecule has 25 heavy (non-hydrogen) atoms. The molecule has 132 valence electrons. The van der Waals surface area contributed by atoms with Gasteiger partial charge in [-0.25, -0.2) is 12.8 Å². The summed E-state index contributed by atoms with van der Waals surface area (Å²) in [6, 6.07) is 9.62. The summed E-state index contributed by atoms with van der Waals surface area (Å²) < 4.78 is 40.2. The van der Waals surface area contributed by atoms with Crippen LogP contribution in [0.15, 0.2) is 47.4 Å². The van der Waals surface area contributed by atoms with Gasteiger partial charge in [0.25, 0.3) is 15.7 Å². The molecule has 7 nitrogen and oxygen atoms in total. The van der Waals surface area contributed by atoms with Crippen molar-refractivity contribution in [2.24, 2.45) is 0 Å². The summed E-state index contributed by atoms with van der Waals surface area (Å²) in [5.41, 5.74) is 1.86. The van der Waals surface area contributed by atoms with Gasteiger partial charge in [0.15, 0.2) is 0 Å². The minimum Gasteiger partial charge on any atom is -0.307 e. The molecular weight excluding hydrogens is 349 g/mol. The highest BCUT2D eigenvalue weighted by Gasteiger charge is 2.21. The second kappa shape index (κ2) is 6.77. The summed E-state index contributed by atoms with van der Waals surface area (Å²) >= 11 is 0. The first-order valence-corrected chi connectivity index (χ1v) is 9.06. The van der Waals surface area contributed by atoms with Gasteiger partial charge in [0.05, 0.1) is 9.82 Å². The number of nitrogens with one attached hydrogen (secondary N) is 2. The number of nitro groups is 1. The molecule has 0 radical (unpaired) electrons. The number of fused-ring (bicyclic) bond motifs is 1. The Morgan fingerprint density at radius 2 is 1.92 bits per heavy atom. The zero-order chi connectivity index (χ0) is 18.0. The molecule has 0 aromatic heterocycles. The Morgan fingerprint density at radius 3 is 2.56 bits per heavy atom. The standard InChI is InChI=1S/C16H16FN3O4S/c17-9-14-7-11-1-6-16(8-12(11)10-18-14)25(23,24)19-13-2-4-15(5-3-13)20(21)22/h1-6,8,14,18-19H,7,9-10H2. The Labute approximate surface area is 144 Å². The fourth-order valence-electron chi connectivity index (χ4n) is 2.70. The normalized spacial score (nSPS) is 16.9. The molecule has 1 atom stereocenters. The molecule has 2 aromatic rings. The van der Waals surface area contributed by atoms with Gasteiger partial charge in [-0.1, -0.05) is 6.07 Å². The molecule has 0 bridgehead atoms. The summed E-state index contributed by atoms with van der Waals surface area (Å²) in [4.78, 5) is 10.2. The summed E-state index contributed by atoms with van der Waals surface area (Å²) in [6.07, 6.45) is 0.516. The second-order valence-corrected chi connectivity index (χ2v) is 7.46. The molecule has 1 aliphatic rings. The number of nitrogens with zero attached hydrogens (tertiary/aromatic N) is 1. The number of halogens is 1. The van der Waals surface area contributed by atoms with Crippen LogP contribution in [0.3, 0.4) is 0 Å². The lowest BCUT2D eigenvalue weighted by Gasteiger charge is -2.24. The maximum atomic E-state index is 12.8. The van der Waals surface area contributed by atoms with Crippen LogP contribution in [-0.4, -0.2) is 26.1 Å². The SMILES string of the molecule is O=[N+]([O-])c1ccc(NS(=O)(=O)c2ccc3c(c2)CNC(CF)C3)cc1. The van der Waals surface area contributed by atoms with Crippen LogP contribution in [0.1, 0.15) is 11.1 Å². The number of non-ortho nitro benzene ring substituents is 1. The van der Waals surface area contributed by atoms with E-state index in [9.17, 15) is 22.9 Å². The Bertz CT molecular complexity index is 900. The zero-order valence-electron chi connectivity index (χ0n) is 13.1. The van der Waals surface area contributed by atoms with E-state index in [1.807, 2.05) is 0 Å². The van der Waals surface area contributed by atoms with E-state index in [1.54, 1.807) is 12.1 Å². The van der Waals surface area contributed by atoms with E-state index in [0.29, 0.717) is 13.0 Å². The molecule has 0 spiro atoms. The van der Waals surface area contributed by atoms with Gasteiger partial charge in [-0.2, -0.15) is 0 Å². The molecule has 1 unspecified atom stereocenters. The Kier molecular flexibility index (Phi) is 4.69. The van der Waals surface area contributed by atoms with Crippen LogP contribution in [-0.2, 0) is 23.0 Å². The van der Waals surface area contributed by atoms with Crippen molar-refractivity contribution in [3.63, 3.8) is 0 Å². The van der Waals surface area contributed by atoms with Crippen molar-refractivity contribution in [1.29, 1.82) is 0 Å². The molecule has 1 heterocycles. The second-order valence-electron chi connectivity index (χ2n) is 5.78. The highest BCUT2D eigenvalue weighted by atomic mass is 32.2. The van der Waals surface area contributed by atoms with E-state index in [1.165, 1.54) is 30.3 Å².